The van der Waals surface area contributed by atoms with Crippen LogP contribution in [0, 0.1) is 12.7 Å². The molecular formula is C21H25FN2O3. The van der Waals surface area contributed by atoms with E-state index in [-0.39, 0.29) is 24.2 Å². The van der Waals surface area contributed by atoms with Gasteiger partial charge in [0.15, 0.2) is 6.61 Å². The number of rotatable bonds is 8. The summed E-state index contributed by atoms with van der Waals surface area (Å²) in [6, 6.07) is 12.7. The molecule has 2 aromatic carbocycles. The lowest BCUT2D eigenvalue weighted by atomic mass is 10.1. The summed E-state index contributed by atoms with van der Waals surface area (Å²) >= 11 is 0. The van der Waals surface area contributed by atoms with Crippen molar-refractivity contribution in [2.24, 2.45) is 0 Å². The predicted molar refractivity (Wildman–Crippen MR) is 102 cm³/mol. The molecule has 0 saturated carbocycles. The Kier molecular flexibility index (Phi) is 7.34. The maximum absolute atomic E-state index is 13.0. The lowest BCUT2D eigenvalue weighted by Crippen LogP contribution is -2.49. The van der Waals surface area contributed by atoms with E-state index in [1.165, 1.54) is 29.2 Å². The summed E-state index contributed by atoms with van der Waals surface area (Å²) in [5, 5.41) is 2.61. The number of nitrogens with zero attached hydrogens (tertiary/aromatic N) is 1. The number of amides is 2. The van der Waals surface area contributed by atoms with Crippen LogP contribution in [0.15, 0.2) is 48.5 Å². The fraction of sp³-hybridized carbons (Fsp3) is 0.333. The van der Waals surface area contributed by atoms with Crippen LogP contribution in [0.1, 0.15) is 24.5 Å². The number of benzene rings is 2. The third kappa shape index (κ3) is 5.81. The number of carbonyl (C=O) groups is 2. The van der Waals surface area contributed by atoms with Gasteiger partial charge in [0.25, 0.3) is 5.91 Å². The van der Waals surface area contributed by atoms with Gasteiger partial charge < -0.3 is 15.0 Å². The fourth-order valence-corrected chi connectivity index (χ4v) is 2.74. The summed E-state index contributed by atoms with van der Waals surface area (Å²) in [6.07, 6.45) is 0.480. The summed E-state index contributed by atoms with van der Waals surface area (Å²) in [5.74, 6) is -0.511. The third-order valence-electron chi connectivity index (χ3n) is 4.28. The zero-order valence-corrected chi connectivity index (χ0v) is 15.9. The van der Waals surface area contributed by atoms with Crippen LogP contribution >= 0.6 is 0 Å². The number of hydrogen-bond acceptors (Lipinski definition) is 3. The molecule has 0 radical (unpaired) electrons. The van der Waals surface area contributed by atoms with Gasteiger partial charge in [-0.05, 0) is 43.2 Å². The normalized spacial score (nSPS) is 11.6. The molecule has 2 rings (SSSR count). The van der Waals surface area contributed by atoms with Crippen LogP contribution in [0.3, 0.4) is 0 Å². The van der Waals surface area contributed by atoms with Gasteiger partial charge in [-0.1, -0.05) is 36.8 Å². The lowest BCUT2D eigenvalue weighted by Gasteiger charge is -2.30. The molecule has 6 heteroatoms. The van der Waals surface area contributed by atoms with Gasteiger partial charge in [-0.25, -0.2) is 4.39 Å². The highest BCUT2D eigenvalue weighted by atomic mass is 19.1. The maximum atomic E-state index is 13.0. The largest absolute Gasteiger partial charge is 0.484 e. The van der Waals surface area contributed by atoms with E-state index in [4.69, 9.17) is 4.74 Å². The molecular weight excluding hydrogens is 347 g/mol. The molecule has 0 heterocycles. The second-order valence-corrected chi connectivity index (χ2v) is 6.29. The summed E-state index contributed by atoms with van der Waals surface area (Å²) in [7, 11) is 1.55. The average Bonchev–Trinajstić information content (AvgIpc) is 2.68. The van der Waals surface area contributed by atoms with Crippen LogP contribution in [0.25, 0.3) is 0 Å². The summed E-state index contributed by atoms with van der Waals surface area (Å²) in [6.45, 7) is 3.92. The molecule has 0 unspecified atom stereocenters. The molecule has 0 aliphatic heterocycles. The molecule has 27 heavy (non-hydrogen) atoms. The first kappa shape index (κ1) is 20.4. The number of hydrogen-bond donors (Lipinski definition) is 1. The van der Waals surface area contributed by atoms with Crippen LogP contribution in [0.2, 0.25) is 0 Å². The first-order chi connectivity index (χ1) is 12.9. The van der Waals surface area contributed by atoms with Crippen LogP contribution < -0.4 is 10.1 Å². The van der Waals surface area contributed by atoms with E-state index in [2.05, 4.69) is 5.32 Å². The van der Waals surface area contributed by atoms with Crippen molar-refractivity contribution in [3.8, 4) is 5.75 Å². The number of nitrogens with one attached hydrogen (secondary N) is 1. The molecule has 0 fully saturated rings. The van der Waals surface area contributed by atoms with E-state index in [0.29, 0.717) is 18.7 Å². The highest BCUT2D eigenvalue weighted by molar-refractivity contribution is 5.88. The highest BCUT2D eigenvalue weighted by Crippen LogP contribution is 2.15. The van der Waals surface area contributed by atoms with Gasteiger partial charge >= 0.3 is 0 Å². The van der Waals surface area contributed by atoms with Crippen molar-refractivity contribution >= 4 is 11.8 Å². The third-order valence-corrected chi connectivity index (χ3v) is 4.28. The van der Waals surface area contributed by atoms with Gasteiger partial charge in [-0.15, -0.1) is 0 Å². The van der Waals surface area contributed by atoms with E-state index in [1.807, 2.05) is 38.1 Å². The van der Waals surface area contributed by atoms with Gasteiger partial charge in [0, 0.05) is 13.6 Å². The first-order valence-corrected chi connectivity index (χ1v) is 8.89. The number of halogens is 1. The predicted octanol–water partition coefficient (Wildman–Crippen LogP) is 3.07. The van der Waals surface area contributed by atoms with E-state index in [0.717, 1.165) is 11.1 Å². The van der Waals surface area contributed by atoms with Crippen molar-refractivity contribution in [2.45, 2.75) is 32.9 Å². The van der Waals surface area contributed by atoms with E-state index in [1.54, 1.807) is 7.05 Å². The molecule has 1 atom stereocenters. The Balaban J connectivity index is 2.15. The highest BCUT2D eigenvalue weighted by Gasteiger charge is 2.28. The van der Waals surface area contributed by atoms with Crippen molar-refractivity contribution in [3.63, 3.8) is 0 Å². The quantitative estimate of drug-likeness (QED) is 0.775. The summed E-state index contributed by atoms with van der Waals surface area (Å²) < 4.78 is 18.5. The standard InChI is InChI=1S/C21H25FN2O3/c1-4-19(21(26)23-3)24(13-16-7-5-15(2)6-8-16)20(25)14-27-18-11-9-17(22)10-12-18/h5-12,19H,4,13-14H2,1-3H3,(H,23,26)/t19-/m1/s1. The maximum Gasteiger partial charge on any atom is 0.261 e. The molecule has 144 valence electrons. The topological polar surface area (TPSA) is 58.6 Å². The number of carbonyl (C=O) groups excluding carboxylic acids is 2. The average molecular weight is 372 g/mol. The summed E-state index contributed by atoms with van der Waals surface area (Å²) in [4.78, 5) is 26.6. The van der Waals surface area contributed by atoms with E-state index < -0.39 is 6.04 Å². The Morgan fingerprint density at radius 2 is 1.74 bits per heavy atom. The van der Waals surface area contributed by atoms with Crippen LogP contribution in [-0.2, 0) is 16.1 Å². The van der Waals surface area contributed by atoms with Crippen LogP contribution in [0.4, 0.5) is 4.39 Å². The van der Waals surface area contributed by atoms with E-state index in [9.17, 15) is 14.0 Å². The minimum absolute atomic E-state index is 0.222. The Labute approximate surface area is 159 Å². The molecule has 0 saturated heterocycles. The van der Waals surface area contributed by atoms with Crippen molar-refractivity contribution in [1.29, 1.82) is 0 Å². The Morgan fingerprint density at radius 3 is 2.30 bits per heavy atom. The Morgan fingerprint density at radius 1 is 1.11 bits per heavy atom. The molecule has 0 aromatic heterocycles. The zero-order valence-electron chi connectivity index (χ0n) is 15.9. The number of ether oxygens (including phenoxy) is 1. The minimum atomic E-state index is -0.597. The van der Waals surface area contributed by atoms with Crippen molar-refractivity contribution < 1.29 is 18.7 Å². The second-order valence-electron chi connectivity index (χ2n) is 6.29. The summed E-state index contributed by atoms with van der Waals surface area (Å²) in [5.41, 5.74) is 2.05. The van der Waals surface area contributed by atoms with Crippen molar-refractivity contribution in [3.05, 3.63) is 65.5 Å². The Bertz CT molecular complexity index is 760. The number of likely N-dealkylation sites (N-methyl/N-ethyl adjacent to an activating group) is 1. The molecule has 5 nitrogen and oxygen atoms in total. The van der Waals surface area contributed by atoms with Gasteiger partial charge in [0.2, 0.25) is 5.91 Å². The molecule has 0 aliphatic rings. The van der Waals surface area contributed by atoms with Crippen LogP contribution in [-0.4, -0.2) is 36.4 Å². The van der Waals surface area contributed by atoms with Gasteiger partial charge in [-0.3, -0.25) is 9.59 Å². The lowest BCUT2D eigenvalue weighted by molar-refractivity contribution is -0.142. The zero-order chi connectivity index (χ0) is 19.8. The SMILES string of the molecule is CC[C@H](C(=O)NC)N(Cc1ccc(C)cc1)C(=O)COc1ccc(F)cc1. The van der Waals surface area contributed by atoms with Crippen LogP contribution in [0.5, 0.6) is 5.75 Å². The van der Waals surface area contributed by atoms with Gasteiger partial charge in [0.05, 0.1) is 0 Å². The molecule has 2 aromatic rings. The van der Waals surface area contributed by atoms with Gasteiger partial charge in [-0.2, -0.15) is 0 Å². The molecule has 2 amide bonds. The fourth-order valence-electron chi connectivity index (χ4n) is 2.74. The molecule has 0 bridgehead atoms. The number of aryl methyl sites for hydroxylation is 1. The minimum Gasteiger partial charge on any atom is -0.484 e. The van der Waals surface area contributed by atoms with Gasteiger partial charge in [0.1, 0.15) is 17.6 Å². The first-order valence-electron chi connectivity index (χ1n) is 8.89. The smallest absolute Gasteiger partial charge is 0.261 e. The Hall–Kier alpha value is -2.89. The second kappa shape index (κ2) is 9.71. The monoisotopic (exact) mass is 372 g/mol. The molecule has 0 aliphatic carbocycles. The van der Waals surface area contributed by atoms with Crippen molar-refractivity contribution in [1.82, 2.24) is 10.2 Å². The van der Waals surface area contributed by atoms with E-state index >= 15 is 0 Å². The van der Waals surface area contributed by atoms with Crippen molar-refractivity contribution in [2.75, 3.05) is 13.7 Å². The molecule has 0 spiro atoms. The molecule has 1 N–H and O–H groups in total.